The SMILES string of the molecule is O=C(CCC(=O)Oc1c(F)c(F)c(F)c(F)c1F)Nc1ccccc1. The third kappa shape index (κ3) is 4.31. The number of hydrogen-bond donors (Lipinski definition) is 1. The first-order valence-corrected chi connectivity index (χ1v) is 6.88. The van der Waals surface area contributed by atoms with Gasteiger partial charge in [0.15, 0.2) is 0 Å². The van der Waals surface area contributed by atoms with E-state index in [-0.39, 0.29) is 0 Å². The van der Waals surface area contributed by atoms with Gasteiger partial charge in [-0.25, -0.2) is 13.2 Å². The van der Waals surface area contributed by atoms with Crippen LogP contribution in [0.2, 0.25) is 0 Å². The van der Waals surface area contributed by atoms with Crippen LogP contribution < -0.4 is 10.1 Å². The molecule has 0 bridgehead atoms. The maximum Gasteiger partial charge on any atom is 0.311 e. The molecule has 132 valence electrons. The van der Waals surface area contributed by atoms with Crippen molar-refractivity contribution >= 4 is 17.6 Å². The summed E-state index contributed by atoms with van der Waals surface area (Å²) in [6.07, 6.45) is -1.04. The Bertz CT molecular complexity index is 782. The van der Waals surface area contributed by atoms with Gasteiger partial charge in [0.05, 0.1) is 6.42 Å². The summed E-state index contributed by atoms with van der Waals surface area (Å²) in [5.41, 5.74) is 0.459. The molecule has 0 unspecified atom stereocenters. The number of para-hydroxylation sites is 1. The number of anilines is 1. The molecule has 0 saturated carbocycles. The van der Waals surface area contributed by atoms with Crippen molar-refractivity contribution in [2.45, 2.75) is 12.8 Å². The highest BCUT2D eigenvalue weighted by molar-refractivity contribution is 5.92. The maximum absolute atomic E-state index is 13.4. The number of carbonyl (C=O) groups excluding carboxylic acids is 2. The molecule has 1 amide bonds. The number of benzene rings is 2. The Morgan fingerprint density at radius 1 is 0.800 bits per heavy atom. The summed E-state index contributed by atoms with van der Waals surface area (Å²) in [6.45, 7) is 0. The van der Waals surface area contributed by atoms with Crippen LogP contribution in [0.4, 0.5) is 27.6 Å². The molecular formula is C16H10F5NO3. The van der Waals surface area contributed by atoms with Crippen molar-refractivity contribution in [1.29, 1.82) is 0 Å². The summed E-state index contributed by atoms with van der Waals surface area (Å²) >= 11 is 0. The number of nitrogens with one attached hydrogen (secondary N) is 1. The normalized spacial score (nSPS) is 10.4. The first-order chi connectivity index (χ1) is 11.8. The molecule has 2 rings (SSSR count). The molecule has 1 N–H and O–H groups in total. The molecule has 0 fully saturated rings. The monoisotopic (exact) mass is 359 g/mol. The number of rotatable bonds is 5. The van der Waals surface area contributed by atoms with Crippen LogP contribution in [-0.4, -0.2) is 11.9 Å². The molecule has 2 aromatic rings. The third-order valence-corrected chi connectivity index (χ3v) is 3.00. The summed E-state index contributed by atoms with van der Waals surface area (Å²) in [5, 5.41) is 2.45. The number of hydrogen-bond acceptors (Lipinski definition) is 3. The molecule has 0 aliphatic carbocycles. The van der Waals surface area contributed by atoms with E-state index in [9.17, 15) is 31.5 Å². The minimum atomic E-state index is -2.36. The van der Waals surface area contributed by atoms with E-state index < -0.39 is 59.6 Å². The van der Waals surface area contributed by atoms with E-state index in [1.54, 1.807) is 30.3 Å². The highest BCUT2D eigenvalue weighted by Gasteiger charge is 2.28. The average Bonchev–Trinajstić information content (AvgIpc) is 2.61. The Morgan fingerprint density at radius 2 is 1.32 bits per heavy atom. The second-order valence-electron chi connectivity index (χ2n) is 4.79. The Kier molecular flexibility index (Phi) is 5.68. The van der Waals surface area contributed by atoms with Crippen molar-refractivity contribution in [2.75, 3.05) is 5.32 Å². The Balaban J connectivity index is 1.98. The Morgan fingerprint density at radius 3 is 1.88 bits per heavy atom. The van der Waals surface area contributed by atoms with Gasteiger partial charge in [-0.05, 0) is 12.1 Å². The molecule has 0 aromatic heterocycles. The van der Waals surface area contributed by atoms with E-state index in [0.29, 0.717) is 5.69 Å². The standard InChI is InChI=1S/C16H10F5NO3/c17-11-12(18)14(20)16(15(21)13(11)19)25-10(24)7-6-9(23)22-8-4-2-1-3-5-8/h1-5H,6-7H2,(H,22,23). The number of esters is 1. The van der Waals surface area contributed by atoms with Gasteiger partial charge in [-0.15, -0.1) is 0 Å². The van der Waals surface area contributed by atoms with Crippen LogP contribution in [0.1, 0.15) is 12.8 Å². The zero-order chi connectivity index (χ0) is 18.6. The zero-order valence-electron chi connectivity index (χ0n) is 12.4. The molecule has 0 atom stereocenters. The van der Waals surface area contributed by atoms with E-state index in [0.717, 1.165) is 0 Å². The van der Waals surface area contributed by atoms with Crippen LogP contribution in [0.5, 0.6) is 5.75 Å². The van der Waals surface area contributed by atoms with E-state index in [4.69, 9.17) is 0 Å². The minimum absolute atomic E-state index is 0.414. The molecule has 0 radical (unpaired) electrons. The van der Waals surface area contributed by atoms with Gasteiger partial charge in [-0.1, -0.05) is 18.2 Å². The lowest BCUT2D eigenvalue weighted by Gasteiger charge is -2.09. The molecule has 4 nitrogen and oxygen atoms in total. The summed E-state index contributed by atoms with van der Waals surface area (Å²) < 4.78 is 69.8. The van der Waals surface area contributed by atoms with E-state index in [1.165, 1.54) is 0 Å². The Hall–Kier alpha value is -2.97. The summed E-state index contributed by atoms with van der Waals surface area (Å²) in [7, 11) is 0. The van der Waals surface area contributed by atoms with Crippen molar-refractivity contribution < 1.29 is 36.3 Å². The van der Waals surface area contributed by atoms with Gasteiger partial charge >= 0.3 is 5.97 Å². The van der Waals surface area contributed by atoms with Crippen LogP contribution in [0.15, 0.2) is 30.3 Å². The quantitative estimate of drug-likeness (QED) is 0.291. The van der Waals surface area contributed by atoms with Crippen molar-refractivity contribution in [3.8, 4) is 5.75 Å². The van der Waals surface area contributed by atoms with Crippen LogP contribution >= 0.6 is 0 Å². The van der Waals surface area contributed by atoms with E-state index in [2.05, 4.69) is 10.1 Å². The van der Waals surface area contributed by atoms with Gasteiger partial charge in [0.1, 0.15) is 0 Å². The van der Waals surface area contributed by atoms with Crippen molar-refractivity contribution in [2.24, 2.45) is 0 Å². The molecule has 25 heavy (non-hydrogen) atoms. The van der Waals surface area contributed by atoms with Gasteiger partial charge in [0.2, 0.25) is 40.7 Å². The fourth-order valence-corrected chi connectivity index (χ4v) is 1.80. The minimum Gasteiger partial charge on any atom is -0.420 e. The summed E-state index contributed by atoms with van der Waals surface area (Å²) in [6, 6.07) is 8.22. The largest absolute Gasteiger partial charge is 0.420 e. The van der Waals surface area contributed by atoms with E-state index >= 15 is 0 Å². The molecule has 9 heteroatoms. The highest BCUT2D eigenvalue weighted by atomic mass is 19.2. The molecule has 2 aromatic carbocycles. The van der Waals surface area contributed by atoms with Crippen LogP contribution in [-0.2, 0) is 9.59 Å². The molecule has 0 spiro atoms. The van der Waals surface area contributed by atoms with Crippen molar-refractivity contribution in [1.82, 2.24) is 0 Å². The van der Waals surface area contributed by atoms with Gasteiger partial charge in [0, 0.05) is 12.1 Å². The third-order valence-electron chi connectivity index (χ3n) is 3.00. The van der Waals surface area contributed by atoms with Crippen LogP contribution in [0, 0.1) is 29.1 Å². The van der Waals surface area contributed by atoms with Gasteiger partial charge < -0.3 is 10.1 Å². The first kappa shape index (κ1) is 18.4. The number of halogens is 5. The first-order valence-electron chi connectivity index (χ1n) is 6.88. The summed E-state index contributed by atoms with van der Waals surface area (Å²) in [5.74, 6) is -15.0. The topological polar surface area (TPSA) is 55.4 Å². The second-order valence-corrected chi connectivity index (χ2v) is 4.79. The lowest BCUT2D eigenvalue weighted by atomic mass is 10.2. The zero-order valence-corrected chi connectivity index (χ0v) is 12.4. The molecule has 0 aliphatic rings. The molecule has 0 saturated heterocycles. The van der Waals surface area contributed by atoms with Crippen molar-refractivity contribution in [3.05, 3.63) is 59.4 Å². The van der Waals surface area contributed by atoms with Gasteiger partial charge in [0.25, 0.3) is 0 Å². The van der Waals surface area contributed by atoms with Crippen LogP contribution in [0.25, 0.3) is 0 Å². The molecule has 0 heterocycles. The smallest absolute Gasteiger partial charge is 0.311 e. The predicted octanol–water partition coefficient (Wildman–Crippen LogP) is 3.71. The number of amides is 1. The average molecular weight is 359 g/mol. The Labute approximate surface area is 138 Å². The molecule has 0 aliphatic heterocycles. The van der Waals surface area contributed by atoms with Gasteiger partial charge in [-0.2, -0.15) is 8.78 Å². The van der Waals surface area contributed by atoms with Crippen LogP contribution in [0.3, 0.4) is 0 Å². The predicted molar refractivity (Wildman–Crippen MR) is 76.2 cm³/mol. The van der Waals surface area contributed by atoms with E-state index in [1.807, 2.05) is 0 Å². The second kappa shape index (κ2) is 7.73. The number of carbonyl (C=O) groups is 2. The fraction of sp³-hybridized carbons (Fsp3) is 0.125. The molecular weight excluding hydrogens is 349 g/mol. The lowest BCUT2D eigenvalue weighted by Crippen LogP contribution is -2.17. The fourth-order valence-electron chi connectivity index (χ4n) is 1.80. The lowest BCUT2D eigenvalue weighted by molar-refractivity contribution is -0.136. The summed E-state index contributed by atoms with van der Waals surface area (Å²) in [4.78, 5) is 23.1. The van der Waals surface area contributed by atoms with Gasteiger partial charge in [-0.3, -0.25) is 9.59 Å². The number of ether oxygens (including phenoxy) is 1. The van der Waals surface area contributed by atoms with Crippen molar-refractivity contribution in [3.63, 3.8) is 0 Å². The highest BCUT2D eigenvalue weighted by Crippen LogP contribution is 2.29. The maximum atomic E-state index is 13.4.